The Balaban J connectivity index is 1.93. The van der Waals surface area contributed by atoms with Gasteiger partial charge < -0.3 is 14.7 Å². The first-order valence-electron chi connectivity index (χ1n) is 5.66. The second kappa shape index (κ2) is 5.56. The number of hydrogen-bond acceptors (Lipinski definition) is 2. The van der Waals surface area contributed by atoms with Gasteiger partial charge in [0.2, 0.25) is 0 Å². The van der Waals surface area contributed by atoms with E-state index in [1.807, 2.05) is 0 Å². The first kappa shape index (κ1) is 13.1. The molecule has 1 aliphatic rings. The highest BCUT2D eigenvalue weighted by Gasteiger charge is 2.24. The number of benzene rings is 1. The van der Waals surface area contributed by atoms with Crippen molar-refractivity contribution in [3.05, 3.63) is 28.5 Å². The van der Waals surface area contributed by atoms with Crippen LogP contribution in [-0.4, -0.2) is 35.3 Å². The molecular formula is C12H13BrFNO3. The smallest absolute Gasteiger partial charge is 0.407 e. The molecule has 0 atom stereocenters. The van der Waals surface area contributed by atoms with Gasteiger partial charge in [-0.05, 0) is 18.2 Å². The lowest BCUT2D eigenvalue weighted by molar-refractivity contribution is 0.0872. The predicted molar refractivity (Wildman–Crippen MR) is 67.3 cm³/mol. The summed E-state index contributed by atoms with van der Waals surface area (Å²) in [7, 11) is 0. The fourth-order valence-corrected chi connectivity index (χ4v) is 2.25. The van der Waals surface area contributed by atoms with E-state index in [-0.39, 0.29) is 11.9 Å². The lowest BCUT2D eigenvalue weighted by atomic mass is 10.1. The fraction of sp³-hybridized carbons (Fsp3) is 0.417. The maximum Gasteiger partial charge on any atom is 0.407 e. The minimum Gasteiger partial charge on any atom is -0.487 e. The average Bonchev–Trinajstić information content (AvgIpc) is 2.33. The monoisotopic (exact) mass is 317 g/mol. The van der Waals surface area contributed by atoms with Gasteiger partial charge in [0, 0.05) is 30.4 Å². The molecule has 4 nitrogen and oxygen atoms in total. The maximum absolute atomic E-state index is 13.6. The van der Waals surface area contributed by atoms with Crippen molar-refractivity contribution in [1.82, 2.24) is 4.90 Å². The molecule has 98 valence electrons. The van der Waals surface area contributed by atoms with Crippen molar-refractivity contribution in [2.45, 2.75) is 18.9 Å². The molecule has 0 radical (unpaired) electrons. The van der Waals surface area contributed by atoms with E-state index >= 15 is 0 Å². The lowest BCUT2D eigenvalue weighted by Gasteiger charge is -2.30. The van der Waals surface area contributed by atoms with Crippen molar-refractivity contribution in [2.75, 3.05) is 13.1 Å². The quantitative estimate of drug-likeness (QED) is 0.911. The summed E-state index contributed by atoms with van der Waals surface area (Å²) in [6.45, 7) is 0.857. The van der Waals surface area contributed by atoms with E-state index in [9.17, 15) is 9.18 Å². The second-order valence-corrected chi connectivity index (χ2v) is 5.08. The molecule has 18 heavy (non-hydrogen) atoms. The van der Waals surface area contributed by atoms with Gasteiger partial charge in [-0.3, -0.25) is 0 Å². The zero-order valence-electron chi connectivity index (χ0n) is 9.60. The molecule has 1 aliphatic heterocycles. The van der Waals surface area contributed by atoms with Crippen molar-refractivity contribution >= 4 is 22.0 Å². The standard InChI is InChI=1S/C12H13BrFNO3/c13-8-1-2-11(10(14)7-8)18-9-3-5-15(6-4-9)12(16)17/h1-2,7,9H,3-6H2,(H,16,17). The van der Waals surface area contributed by atoms with E-state index in [0.717, 1.165) is 0 Å². The summed E-state index contributed by atoms with van der Waals surface area (Å²) in [6, 6.07) is 4.63. The van der Waals surface area contributed by atoms with E-state index in [1.165, 1.54) is 11.0 Å². The number of piperidine rings is 1. The third kappa shape index (κ3) is 3.13. The number of likely N-dealkylation sites (tertiary alicyclic amines) is 1. The van der Waals surface area contributed by atoms with Crippen LogP contribution in [0, 0.1) is 5.82 Å². The highest BCUT2D eigenvalue weighted by molar-refractivity contribution is 9.10. The Labute approximate surface area is 112 Å². The summed E-state index contributed by atoms with van der Waals surface area (Å²) < 4.78 is 19.8. The molecule has 2 rings (SSSR count). The van der Waals surface area contributed by atoms with Crippen LogP contribution in [0.25, 0.3) is 0 Å². The summed E-state index contributed by atoms with van der Waals surface area (Å²) >= 11 is 3.18. The van der Waals surface area contributed by atoms with Gasteiger partial charge in [0.05, 0.1) is 0 Å². The Morgan fingerprint density at radius 3 is 2.67 bits per heavy atom. The van der Waals surface area contributed by atoms with Crippen molar-refractivity contribution in [2.24, 2.45) is 0 Å². The van der Waals surface area contributed by atoms with Crippen LogP contribution in [-0.2, 0) is 0 Å². The van der Waals surface area contributed by atoms with E-state index in [2.05, 4.69) is 15.9 Å². The molecule has 0 aliphatic carbocycles. The number of amides is 1. The van der Waals surface area contributed by atoms with Crippen molar-refractivity contribution in [3.63, 3.8) is 0 Å². The summed E-state index contributed by atoms with van der Waals surface area (Å²) in [5.74, 6) is -0.197. The SMILES string of the molecule is O=C(O)N1CCC(Oc2ccc(Br)cc2F)CC1. The molecule has 1 amide bonds. The Bertz CT molecular complexity index is 447. The van der Waals surface area contributed by atoms with Crippen molar-refractivity contribution < 1.29 is 19.0 Å². The fourth-order valence-electron chi connectivity index (χ4n) is 1.92. The van der Waals surface area contributed by atoms with Crippen LogP contribution in [0.3, 0.4) is 0 Å². The third-order valence-electron chi connectivity index (χ3n) is 2.90. The predicted octanol–water partition coefficient (Wildman–Crippen LogP) is 3.11. The Morgan fingerprint density at radius 1 is 1.44 bits per heavy atom. The van der Waals surface area contributed by atoms with E-state index in [4.69, 9.17) is 9.84 Å². The van der Waals surface area contributed by atoms with Gasteiger partial charge in [-0.2, -0.15) is 0 Å². The second-order valence-electron chi connectivity index (χ2n) is 4.16. The van der Waals surface area contributed by atoms with E-state index < -0.39 is 11.9 Å². The first-order valence-corrected chi connectivity index (χ1v) is 6.45. The molecule has 1 saturated heterocycles. The molecule has 0 bridgehead atoms. The van der Waals surface area contributed by atoms with Crippen molar-refractivity contribution in [3.8, 4) is 5.75 Å². The van der Waals surface area contributed by atoms with Gasteiger partial charge in [0.1, 0.15) is 6.10 Å². The largest absolute Gasteiger partial charge is 0.487 e. The topological polar surface area (TPSA) is 49.8 Å². The molecular weight excluding hydrogens is 305 g/mol. The van der Waals surface area contributed by atoms with E-state index in [1.54, 1.807) is 12.1 Å². The van der Waals surface area contributed by atoms with Crippen molar-refractivity contribution in [1.29, 1.82) is 0 Å². The number of halogens is 2. The van der Waals surface area contributed by atoms with Crippen LogP contribution in [0.5, 0.6) is 5.75 Å². The minimum absolute atomic E-state index is 0.128. The summed E-state index contributed by atoms with van der Waals surface area (Å²) in [5, 5.41) is 8.81. The number of rotatable bonds is 2. The molecule has 0 unspecified atom stereocenters. The Hall–Kier alpha value is -1.30. The summed E-state index contributed by atoms with van der Waals surface area (Å²) in [6.07, 6.45) is 0.128. The van der Waals surface area contributed by atoms with Gasteiger partial charge in [0.25, 0.3) is 0 Å². The van der Waals surface area contributed by atoms with Gasteiger partial charge in [-0.15, -0.1) is 0 Å². The van der Waals surface area contributed by atoms with Gasteiger partial charge in [0.15, 0.2) is 11.6 Å². The first-order chi connectivity index (χ1) is 8.56. The zero-order chi connectivity index (χ0) is 13.1. The Morgan fingerprint density at radius 2 is 2.11 bits per heavy atom. The molecule has 6 heteroatoms. The number of hydrogen-bond donors (Lipinski definition) is 1. The lowest BCUT2D eigenvalue weighted by Crippen LogP contribution is -2.41. The number of carbonyl (C=O) groups is 1. The van der Waals surface area contributed by atoms with Gasteiger partial charge in [-0.1, -0.05) is 15.9 Å². The van der Waals surface area contributed by atoms with Gasteiger partial charge >= 0.3 is 6.09 Å². The molecule has 0 spiro atoms. The molecule has 1 N–H and O–H groups in total. The molecule has 1 fully saturated rings. The van der Waals surface area contributed by atoms with Crippen LogP contribution in [0.15, 0.2) is 22.7 Å². The Kier molecular flexibility index (Phi) is 4.06. The molecule has 0 aromatic heterocycles. The normalized spacial score (nSPS) is 16.7. The minimum atomic E-state index is -0.914. The number of ether oxygens (including phenoxy) is 1. The average molecular weight is 318 g/mol. The number of nitrogens with zero attached hydrogens (tertiary/aromatic N) is 1. The summed E-state index contributed by atoms with van der Waals surface area (Å²) in [4.78, 5) is 12.1. The highest BCUT2D eigenvalue weighted by Crippen LogP contribution is 2.24. The van der Waals surface area contributed by atoms with Crippen LogP contribution in [0.1, 0.15) is 12.8 Å². The molecule has 0 saturated carbocycles. The maximum atomic E-state index is 13.6. The zero-order valence-corrected chi connectivity index (χ0v) is 11.2. The van der Waals surface area contributed by atoms with Crippen LogP contribution in [0.4, 0.5) is 9.18 Å². The molecule has 1 heterocycles. The molecule has 1 aromatic rings. The van der Waals surface area contributed by atoms with Crippen LogP contribution < -0.4 is 4.74 Å². The van der Waals surface area contributed by atoms with E-state index in [0.29, 0.717) is 30.4 Å². The van der Waals surface area contributed by atoms with Gasteiger partial charge in [-0.25, -0.2) is 9.18 Å². The van der Waals surface area contributed by atoms with Crippen LogP contribution >= 0.6 is 15.9 Å². The number of carboxylic acid groups (broad SMARTS) is 1. The third-order valence-corrected chi connectivity index (χ3v) is 3.39. The highest BCUT2D eigenvalue weighted by atomic mass is 79.9. The molecule has 1 aromatic carbocycles. The van der Waals surface area contributed by atoms with Crippen LogP contribution in [0.2, 0.25) is 0 Å². The summed E-state index contributed by atoms with van der Waals surface area (Å²) in [5.41, 5.74) is 0.